The Morgan fingerprint density at radius 2 is 1.40 bits per heavy atom. The van der Waals surface area contributed by atoms with Crippen molar-refractivity contribution < 1.29 is 36.1 Å². The highest BCUT2D eigenvalue weighted by molar-refractivity contribution is 6.33. The first-order valence-electron chi connectivity index (χ1n) is 9.69. The third-order valence-electron chi connectivity index (χ3n) is 6.37. The third-order valence-corrected chi connectivity index (χ3v) is 7.03. The number of halogens is 3. The number of likely N-dealkylation sites (N-methyl/N-ethyl adjacent to an activating group) is 1. The van der Waals surface area contributed by atoms with E-state index in [0.717, 1.165) is 4.48 Å². The van der Waals surface area contributed by atoms with Crippen molar-refractivity contribution in [2.24, 2.45) is 0 Å². The van der Waals surface area contributed by atoms with Gasteiger partial charge in [-0.2, -0.15) is 0 Å². The lowest BCUT2D eigenvalue weighted by Gasteiger charge is -2.44. The summed E-state index contributed by atoms with van der Waals surface area (Å²) in [6.45, 7) is 0. The van der Waals surface area contributed by atoms with Gasteiger partial charge in [0.15, 0.2) is 0 Å². The number of carbonyl (C=O) groups excluding carboxylic acids is 1. The van der Waals surface area contributed by atoms with Crippen LogP contribution in [0.3, 0.4) is 0 Å². The molecule has 0 amide bonds. The normalized spacial score (nSPS) is 24.2. The zero-order chi connectivity index (χ0) is 20.8. The molecule has 0 aliphatic carbocycles. The van der Waals surface area contributed by atoms with E-state index in [1.807, 2.05) is 0 Å². The minimum atomic E-state index is -2.09. The summed E-state index contributed by atoms with van der Waals surface area (Å²) in [6.07, 6.45) is 5.55. The summed E-state index contributed by atoms with van der Waals surface area (Å²) in [5, 5.41) is 12.2. The maximum atomic E-state index is 13.4. The van der Waals surface area contributed by atoms with Gasteiger partial charge >= 0.3 is 5.97 Å². The molecule has 2 aromatic rings. The Hall–Kier alpha value is -1.37. The standard InChI is InChI=1S/C23H24Cl2NO3.BrH/c1-26(2)15-11-12-16(26)14-17(13-15)29-22(27)23(28,18-7-3-5-9-20(18)24)19-8-4-6-10-21(19)25;/h3-12,15-17,28H,13-14H2,1-2H3;1H/q+1;/p-1/t15-,16?,17?;/m1./s1. The maximum absolute atomic E-state index is 13.4. The van der Waals surface area contributed by atoms with Gasteiger partial charge in [-0.05, 0) is 24.3 Å². The van der Waals surface area contributed by atoms with Gasteiger partial charge < -0.3 is 31.3 Å². The molecule has 1 saturated heterocycles. The molecule has 160 valence electrons. The summed E-state index contributed by atoms with van der Waals surface area (Å²) in [7, 11) is 4.38. The number of nitrogens with zero attached hydrogens (tertiary/aromatic N) is 1. The van der Waals surface area contributed by atoms with E-state index in [-0.39, 0.29) is 44.3 Å². The Morgan fingerprint density at radius 1 is 0.967 bits per heavy atom. The second-order valence-corrected chi connectivity index (χ2v) is 9.13. The van der Waals surface area contributed by atoms with Crippen LogP contribution in [-0.4, -0.2) is 47.8 Å². The summed E-state index contributed by atoms with van der Waals surface area (Å²) in [6, 6.07) is 14.0. The topological polar surface area (TPSA) is 46.5 Å². The monoisotopic (exact) mass is 511 g/mol. The number of ether oxygens (including phenoxy) is 1. The third kappa shape index (κ3) is 3.82. The van der Waals surface area contributed by atoms with Crippen molar-refractivity contribution in [2.75, 3.05) is 14.1 Å². The molecule has 0 spiro atoms. The lowest BCUT2D eigenvalue weighted by atomic mass is 9.86. The van der Waals surface area contributed by atoms with Gasteiger partial charge in [0.1, 0.15) is 18.2 Å². The molecule has 1 fully saturated rings. The van der Waals surface area contributed by atoms with Gasteiger partial charge in [-0.1, -0.05) is 59.6 Å². The molecular formula is C23H24BrCl2NO3. The highest BCUT2D eigenvalue weighted by Gasteiger charge is 2.50. The average molecular weight is 513 g/mol. The second kappa shape index (κ2) is 8.64. The van der Waals surface area contributed by atoms with Crippen LogP contribution in [0.1, 0.15) is 24.0 Å². The number of rotatable bonds is 4. The zero-order valence-electron chi connectivity index (χ0n) is 16.8. The quantitative estimate of drug-likeness (QED) is 0.382. The molecule has 0 radical (unpaired) electrons. The second-order valence-electron chi connectivity index (χ2n) is 8.32. The van der Waals surface area contributed by atoms with E-state index in [9.17, 15) is 9.90 Å². The van der Waals surface area contributed by atoms with E-state index in [2.05, 4.69) is 26.2 Å². The van der Waals surface area contributed by atoms with E-state index < -0.39 is 11.6 Å². The Balaban J connectivity index is 0.00000256. The lowest BCUT2D eigenvalue weighted by molar-refractivity contribution is -0.926. The highest BCUT2D eigenvalue weighted by Crippen LogP contribution is 2.41. The largest absolute Gasteiger partial charge is 1.00 e. The molecule has 0 saturated carbocycles. The van der Waals surface area contributed by atoms with Gasteiger partial charge in [-0.25, -0.2) is 4.79 Å². The minimum absolute atomic E-state index is 0. The smallest absolute Gasteiger partial charge is 0.348 e. The molecule has 2 aromatic carbocycles. The van der Waals surface area contributed by atoms with Crippen LogP contribution in [0, 0.1) is 0 Å². The first-order valence-corrected chi connectivity index (χ1v) is 10.4. The van der Waals surface area contributed by atoms with Crippen LogP contribution >= 0.6 is 23.2 Å². The predicted molar refractivity (Wildman–Crippen MR) is 114 cm³/mol. The van der Waals surface area contributed by atoms with Gasteiger partial charge in [0.05, 0.1) is 14.1 Å². The molecule has 1 N–H and O–H groups in total. The number of quaternary nitrogens is 1. The van der Waals surface area contributed by atoms with E-state index in [0.29, 0.717) is 24.9 Å². The number of esters is 1. The van der Waals surface area contributed by atoms with Gasteiger partial charge in [0.25, 0.3) is 0 Å². The van der Waals surface area contributed by atoms with Crippen LogP contribution in [0.25, 0.3) is 0 Å². The molecule has 2 bridgehead atoms. The van der Waals surface area contributed by atoms with Crippen molar-refractivity contribution in [1.29, 1.82) is 0 Å². The fourth-order valence-electron chi connectivity index (χ4n) is 4.49. The molecule has 4 rings (SSSR count). The molecule has 2 unspecified atom stereocenters. The van der Waals surface area contributed by atoms with Crippen molar-refractivity contribution in [3.05, 3.63) is 81.9 Å². The summed E-state index contributed by atoms with van der Waals surface area (Å²) >= 11 is 12.7. The van der Waals surface area contributed by atoms with Crippen molar-refractivity contribution in [3.8, 4) is 0 Å². The fourth-order valence-corrected chi connectivity index (χ4v) is 5.03. The first kappa shape index (κ1) is 23.3. The van der Waals surface area contributed by atoms with E-state index in [1.54, 1.807) is 48.5 Å². The zero-order valence-corrected chi connectivity index (χ0v) is 19.9. The number of carbonyl (C=O) groups is 1. The molecule has 7 heteroatoms. The molecular weight excluding hydrogens is 489 g/mol. The maximum Gasteiger partial charge on any atom is 0.348 e. The van der Waals surface area contributed by atoms with Crippen LogP contribution in [0.5, 0.6) is 0 Å². The molecule has 30 heavy (non-hydrogen) atoms. The van der Waals surface area contributed by atoms with Crippen molar-refractivity contribution in [2.45, 2.75) is 36.6 Å². The highest BCUT2D eigenvalue weighted by atomic mass is 79.9. The Labute approximate surface area is 197 Å². The number of aliphatic hydroxyl groups is 1. The van der Waals surface area contributed by atoms with Gasteiger partial charge in [0, 0.05) is 34.0 Å². The van der Waals surface area contributed by atoms with Gasteiger partial charge in [0.2, 0.25) is 5.60 Å². The Kier molecular flexibility index (Phi) is 6.71. The SMILES string of the molecule is C[N+]1(C)C2C=C[C@@H]1CC(OC(=O)C(O)(c1ccccc1Cl)c1ccccc1Cl)C2.[Br-]. The van der Waals surface area contributed by atoms with Gasteiger partial charge in [-0.3, -0.25) is 0 Å². The van der Waals surface area contributed by atoms with Crippen molar-refractivity contribution >= 4 is 29.2 Å². The van der Waals surface area contributed by atoms with E-state index in [4.69, 9.17) is 27.9 Å². The number of hydrogen-bond acceptors (Lipinski definition) is 3. The van der Waals surface area contributed by atoms with E-state index >= 15 is 0 Å². The summed E-state index contributed by atoms with van der Waals surface area (Å²) in [5.41, 5.74) is -1.58. The Bertz CT molecular complexity index is 915. The predicted octanol–water partition coefficient (Wildman–Crippen LogP) is 1.32. The number of piperidine rings is 1. The molecule has 2 aliphatic heterocycles. The molecule has 0 aromatic heterocycles. The summed E-state index contributed by atoms with van der Waals surface area (Å²) < 4.78 is 6.76. The van der Waals surface area contributed by atoms with Crippen LogP contribution in [0.4, 0.5) is 0 Å². The van der Waals surface area contributed by atoms with Crippen LogP contribution in [0.2, 0.25) is 10.0 Å². The Morgan fingerprint density at radius 3 is 1.83 bits per heavy atom. The lowest BCUT2D eigenvalue weighted by Crippen LogP contribution is -3.00. The number of fused-ring (bicyclic) bond motifs is 2. The molecule has 3 atom stereocenters. The van der Waals surface area contributed by atoms with Crippen LogP contribution < -0.4 is 17.0 Å². The first-order chi connectivity index (χ1) is 13.7. The molecule has 4 nitrogen and oxygen atoms in total. The van der Waals surface area contributed by atoms with Crippen LogP contribution in [0.15, 0.2) is 60.7 Å². The average Bonchev–Trinajstić information content (AvgIpc) is 2.85. The van der Waals surface area contributed by atoms with E-state index in [1.165, 1.54) is 0 Å². The van der Waals surface area contributed by atoms with Crippen molar-refractivity contribution in [1.82, 2.24) is 0 Å². The molecule has 2 aliphatic rings. The summed E-state index contributed by atoms with van der Waals surface area (Å²) in [4.78, 5) is 13.4. The summed E-state index contributed by atoms with van der Waals surface area (Å²) in [5.74, 6) is -0.754. The van der Waals surface area contributed by atoms with Gasteiger partial charge in [-0.15, -0.1) is 0 Å². The number of benzene rings is 2. The molecule has 2 heterocycles. The fraction of sp³-hybridized carbons (Fsp3) is 0.348. The van der Waals surface area contributed by atoms with Crippen LogP contribution in [-0.2, 0) is 15.1 Å². The van der Waals surface area contributed by atoms with Crippen molar-refractivity contribution in [3.63, 3.8) is 0 Å². The number of hydrogen-bond donors (Lipinski definition) is 1. The minimum Gasteiger partial charge on any atom is -1.00 e.